The molecule has 9 aromatic rings. The van der Waals surface area contributed by atoms with Crippen molar-refractivity contribution in [2.75, 3.05) is 0 Å². The number of nitrogens with zero attached hydrogens (tertiary/aromatic N) is 2. The summed E-state index contributed by atoms with van der Waals surface area (Å²) in [4.78, 5) is 10.5. The van der Waals surface area contributed by atoms with Gasteiger partial charge in [-0.1, -0.05) is 133 Å². The molecule has 3 heteroatoms. The second kappa shape index (κ2) is 10.8. The van der Waals surface area contributed by atoms with Gasteiger partial charge in [-0.25, -0.2) is 9.98 Å². The Bertz CT molecular complexity index is 3120. The van der Waals surface area contributed by atoms with Gasteiger partial charge in [0.25, 0.3) is 0 Å². The van der Waals surface area contributed by atoms with Gasteiger partial charge in [-0.2, -0.15) is 0 Å². The molecule has 0 aliphatic carbocycles. The maximum Gasteiger partial charge on any atom is 0.136 e. The Balaban J connectivity index is 1.29. The molecule has 0 unspecified atom stereocenters. The molecule has 8 aromatic carbocycles. The van der Waals surface area contributed by atoms with E-state index in [9.17, 15) is 0 Å². The van der Waals surface area contributed by atoms with E-state index in [2.05, 4.69) is 164 Å². The quantitative estimate of drug-likeness (QED) is 0.187. The van der Waals surface area contributed by atoms with Crippen molar-refractivity contribution < 1.29 is 4.42 Å². The van der Waals surface area contributed by atoms with Gasteiger partial charge in [0.15, 0.2) is 0 Å². The Kier molecular flexibility index (Phi) is 5.96. The van der Waals surface area contributed by atoms with Gasteiger partial charge < -0.3 is 4.42 Å². The van der Waals surface area contributed by atoms with E-state index < -0.39 is 0 Å². The van der Waals surface area contributed by atoms with Gasteiger partial charge >= 0.3 is 0 Å². The van der Waals surface area contributed by atoms with Crippen molar-refractivity contribution in [3.05, 3.63) is 191 Å². The Labute approximate surface area is 293 Å². The minimum absolute atomic E-state index is 0.872. The van der Waals surface area contributed by atoms with Gasteiger partial charge in [0, 0.05) is 43.5 Å². The largest absolute Gasteiger partial charge is 0.456 e. The summed E-state index contributed by atoms with van der Waals surface area (Å²) in [6.45, 7) is 0. The second-order valence-corrected chi connectivity index (χ2v) is 13.2. The van der Waals surface area contributed by atoms with Crippen LogP contribution in [0.1, 0.15) is 0 Å². The third kappa shape index (κ3) is 4.12. The predicted octanol–water partition coefficient (Wildman–Crippen LogP) is 11.7. The Morgan fingerprint density at radius 2 is 1.00 bits per heavy atom. The number of hydrogen-bond donors (Lipinski definition) is 0. The van der Waals surface area contributed by atoms with Crippen LogP contribution in [-0.4, -0.2) is 0 Å². The maximum atomic E-state index is 6.52. The van der Waals surface area contributed by atoms with Crippen molar-refractivity contribution in [1.82, 2.24) is 0 Å². The zero-order valence-corrected chi connectivity index (χ0v) is 27.5. The lowest BCUT2D eigenvalue weighted by Crippen LogP contribution is -2.02. The van der Waals surface area contributed by atoms with Gasteiger partial charge in [0.1, 0.15) is 11.2 Å². The monoisotopic (exact) mass is 648 g/mol. The molecule has 51 heavy (non-hydrogen) atoms. The zero-order chi connectivity index (χ0) is 33.5. The summed E-state index contributed by atoms with van der Waals surface area (Å²) in [6, 6.07) is 60.2. The van der Waals surface area contributed by atoms with Crippen LogP contribution < -0.4 is 10.7 Å². The molecule has 0 saturated heterocycles. The molecule has 0 N–H and O–H groups in total. The van der Waals surface area contributed by atoms with Crippen LogP contribution in [0.25, 0.3) is 77.6 Å². The van der Waals surface area contributed by atoms with Gasteiger partial charge in [0.2, 0.25) is 0 Å². The molecule has 0 saturated carbocycles. The van der Waals surface area contributed by atoms with Crippen molar-refractivity contribution in [1.29, 1.82) is 0 Å². The Morgan fingerprint density at radius 1 is 0.353 bits per heavy atom. The van der Waals surface area contributed by atoms with Gasteiger partial charge in [-0.15, -0.1) is 0 Å². The number of para-hydroxylation sites is 2. The fraction of sp³-hybridized carbons (Fsp3) is 0. The van der Waals surface area contributed by atoms with Gasteiger partial charge in [-0.3, -0.25) is 0 Å². The molecule has 3 heterocycles. The Morgan fingerprint density at radius 3 is 1.80 bits per heavy atom. The summed E-state index contributed by atoms with van der Waals surface area (Å²) >= 11 is 0. The molecule has 0 amide bonds. The van der Waals surface area contributed by atoms with Crippen LogP contribution in [0.5, 0.6) is 0 Å². The molecule has 1 aromatic heterocycles. The third-order valence-electron chi connectivity index (χ3n) is 10.4. The van der Waals surface area contributed by atoms with Crippen LogP contribution in [0.4, 0.5) is 11.4 Å². The standard InChI is InChI=1S/C48H28N2O/c1-3-13-29(14-4-1)31-23-26-39-46(47-40(49-39)27-24-36-33-17-9-11-21-38(33)50-48(36)47)44(31)35-19-8-7-18-34(35)43-32(30-15-5-2-6-16-30)25-28-42-45(43)37-20-10-12-22-41(37)51-42/h1-28H. The first kappa shape index (κ1) is 28.0. The number of fused-ring (bicyclic) bond motifs is 9. The first-order valence-corrected chi connectivity index (χ1v) is 17.3. The lowest BCUT2D eigenvalue weighted by Gasteiger charge is -2.21. The molecule has 0 radical (unpaired) electrons. The van der Waals surface area contributed by atoms with E-state index in [4.69, 9.17) is 14.4 Å². The summed E-state index contributed by atoms with van der Waals surface area (Å²) in [5.41, 5.74) is 15.1. The van der Waals surface area contributed by atoms with Crippen molar-refractivity contribution in [3.63, 3.8) is 0 Å². The highest BCUT2D eigenvalue weighted by atomic mass is 16.3. The highest BCUT2D eigenvalue weighted by molar-refractivity contribution is 6.18. The summed E-state index contributed by atoms with van der Waals surface area (Å²) in [5.74, 6) is 0. The van der Waals surface area contributed by atoms with E-state index in [1.54, 1.807) is 0 Å². The van der Waals surface area contributed by atoms with Gasteiger partial charge in [0.05, 0.1) is 22.1 Å². The molecule has 3 nitrogen and oxygen atoms in total. The summed E-state index contributed by atoms with van der Waals surface area (Å²) in [6.07, 6.45) is 0. The Hall–Kier alpha value is -6.84. The summed E-state index contributed by atoms with van der Waals surface area (Å²) < 4.78 is 6.52. The van der Waals surface area contributed by atoms with Gasteiger partial charge in [-0.05, 0) is 69.8 Å². The van der Waals surface area contributed by atoms with Crippen molar-refractivity contribution in [3.8, 4) is 55.6 Å². The first-order chi connectivity index (χ1) is 25.3. The number of rotatable bonds is 4. The smallest absolute Gasteiger partial charge is 0.136 e. The number of furan rings is 1. The molecule has 236 valence electrons. The maximum absolute atomic E-state index is 6.52. The van der Waals surface area contributed by atoms with E-state index in [0.29, 0.717) is 0 Å². The molecule has 2 aliphatic heterocycles. The zero-order valence-electron chi connectivity index (χ0n) is 27.5. The average Bonchev–Trinajstić information content (AvgIpc) is 3.89. The highest BCUT2D eigenvalue weighted by Gasteiger charge is 2.29. The van der Waals surface area contributed by atoms with Crippen LogP contribution in [0.3, 0.4) is 0 Å². The number of hydrogen-bond acceptors (Lipinski definition) is 3. The van der Waals surface area contributed by atoms with Crippen molar-refractivity contribution in [2.24, 2.45) is 9.98 Å². The minimum Gasteiger partial charge on any atom is -0.456 e. The van der Waals surface area contributed by atoms with Crippen LogP contribution >= 0.6 is 0 Å². The average molecular weight is 649 g/mol. The lowest BCUT2D eigenvalue weighted by atomic mass is 9.81. The van der Waals surface area contributed by atoms with Crippen LogP contribution in [-0.2, 0) is 0 Å². The predicted molar refractivity (Wildman–Crippen MR) is 207 cm³/mol. The normalized spacial score (nSPS) is 12.2. The molecule has 0 bridgehead atoms. The summed E-state index contributed by atoms with van der Waals surface area (Å²) in [7, 11) is 0. The van der Waals surface area contributed by atoms with E-state index >= 15 is 0 Å². The fourth-order valence-electron chi connectivity index (χ4n) is 8.25. The first-order valence-electron chi connectivity index (χ1n) is 17.3. The molecule has 2 aliphatic rings. The lowest BCUT2D eigenvalue weighted by molar-refractivity contribution is 0.669. The van der Waals surface area contributed by atoms with Crippen molar-refractivity contribution >= 4 is 33.3 Å². The SMILES string of the molecule is c1ccc(-c2ccc3c(c2-c2ccccc2-c2c(-c4ccccc4)ccc4oc5ccccc5c24)-c2c4c(ccc2=N3)=c2ccccc2=N4)cc1. The number of benzene rings is 8. The molecule has 0 atom stereocenters. The minimum atomic E-state index is 0.872. The molecular weight excluding hydrogens is 621 g/mol. The topological polar surface area (TPSA) is 37.9 Å². The van der Waals surface area contributed by atoms with E-state index in [-0.39, 0.29) is 0 Å². The van der Waals surface area contributed by atoms with E-state index in [1.165, 1.54) is 0 Å². The second-order valence-electron chi connectivity index (χ2n) is 13.2. The molecule has 11 rings (SSSR count). The van der Waals surface area contributed by atoms with Crippen LogP contribution in [0.2, 0.25) is 0 Å². The highest BCUT2D eigenvalue weighted by Crippen LogP contribution is 2.53. The van der Waals surface area contributed by atoms with Crippen LogP contribution in [0.15, 0.2) is 184 Å². The van der Waals surface area contributed by atoms with Crippen LogP contribution in [0, 0.1) is 10.4 Å². The summed E-state index contributed by atoms with van der Waals surface area (Å²) in [5, 5.41) is 6.49. The third-order valence-corrected chi connectivity index (χ3v) is 10.4. The fourth-order valence-corrected chi connectivity index (χ4v) is 8.25. The molecule has 0 fully saturated rings. The van der Waals surface area contributed by atoms with E-state index in [0.717, 1.165) is 110 Å². The van der Waals surface area contributed by atoms with E-state index in [1.807, 2.05) is 6.07 Å². The van der Waals surface area contributed by atoms with Crippen molar-refractivity contribution in [2.45, 2.75) is 0 Å². The molecular formula is C48H28N2O. The molecule has 0 spiro atoms.